The lowest BCUT2D eigenvalue weighted by atomic mass is 10.1. The summed E-state index contributed by atoms with van der Waals surface area (Å²) in [5.74, 6) is -0.0377. The van der Waals surface area contributed by atoms with Gasteiger partial charge in [-0.3, -0.25) is 5.10 Å². The van der Waals surface area contributed by atoms with Gasteiger partial charge in [0.2, 0.25) is 0 Å². The Morgan fingerprint density at radius 1 is 1.47 bits per heavy atom. The fourth-order valence-electron chi connectivity index (χ4n) is 1.28. The third-order valence-corrected chi connectivity index (χ3v) is 2.20. The molecule has 0 aliphatic heterocycles. The first kappa shape index (κ1) is 9.79. The second kappa shape index (κ2) is 3.78. The van der Waals surface area contributed by atoms with Crippen LogP contribution in [0.5, 0.6) is 0 Å². The van der Waals surface area contributed by atoms with Crippen LogP contribution in [-0.2, 0) is 0 Å². The predicted octanol–water partition coefficient (Wildman–Crippen LogP) is 1.33. The molecule has 78 valence electrons. The van der Waals surface area contributed by atoms with Gasteiger partial charge in [-0.25, -0.2) is 9.37 Å². The van der Waals surface area contributed by atoms with Gasteiger partial charge in [0, 0.05) is 0 Å². The summed E-state index contributed by atoms with van der Waals surface area (Å²) in [6, 6.07) is 4.57. The van der Waals surface area contributed by atoms with Gasteiger partial charge in [0.1, 0.15) is 18.2 Å². The number of aliphatic hydroxyl groups excluding tert-OH is 1. The third kappa shape index (κ3) is 1.87. The zero-order chi connectivity index (χ0) is 10.8. The van der Waals surface area contributed by atoms with E-state index in [4.69, 9.17) is 0 Å². The maximum Gasteiger partial charge on any atom is 0.157 e. The zero-order valence-corrected chi connectivity index (χ0v) is 8.11. The summed E-state index contributed by atoms with van der Waals surface area (Å²) >= 11 is 0. The summed E-state index contributed by atoms with van der Waals surface area (Å²) in [4.78, 5) is 3.81. The van der Waals surface area contributed by atoms with Gasteiger partial charge in [0.25, 0.3) is 0 Å². The molecule has 1 aromatic carbocycles. The molecule has 1 unspecified atom stereocenters. The van der Waals surface area contributed by atoms with Gasteiger partial charge in [0.05, 0.1) is 0 Å². The van der Waals surface area contributed by atoms with E-state index >= 15 is 0 Å². The number of rotatable bonds is 2. The molecule has 0 saturated carbocycles. The number of H-pyrrole nitrogens is 1. The lowest BCUT2D eigenvalue weighted by molar-refractivity contribution is 0.210. The highest BCUT2D eigenvalue weighted by atomic mass is 19.1. The first-order valence-corrected chi connectivity index (χ1v) is 4.48. The monoisotopic (exact) mass is 207 g/mol. The Labute approximate surface area is 85.8 Å². The molecule has 15 heavy (non-hydrogen) atoms. The largest absolute Gasteiger partial charge is 0.380 e. The Balaban J connectivity index is 2.34. The first-order valence-electron chi connectivity index (χ1n) is 4.48. The molecule has 0 bridgehead atoms. The summed E-state index contributed by atoms with van der Waals surface area (Å²) in [6.45, 7) is 1.67. The van der Waals surface area contributed by atoms with E-state index in [0.29, 0.717) is 17.0 Å². The van der Waals surface area contributed by atoms with Crippen molar-refractivity contribution in [3.05, 3.63) is 47.3 Å². The van der Waals surface area contributed by atoms with Crippen molar-refractivity contribution >= 4 is 0 Å². The molecule has 5 heteroatoms. The number of halogens is 1. The van der Waals surface area contributed by atoms with E-state index in [-0.39, 0.29) is 5.82 Å². The Morgan fingerprint density at radius 3 is 2.87 bits per heavy atom. The topological polar surface area (TPSA) is 61.8 Å². The quantitative estimate of drug-likeness (QED) is 0.781. The second-order valence-corrected chi connectivity index (χ2v) is 3.28. The molecule has 1 heterocycles. The van der Waals surface area contributed by atoms with Crippen molar-refractivity contribution < 1.29 is 9.50 Å². The van der Waals surface area contributed by atoms with E-state index in [1.807, 2.05) is 0 Å². The van der Waals surface area contributed by atoms with Gasteiger partial charge in [-0.15, -0.1) is 0 Å². The van der Waals surface area contributed by atoms with Crippen molar-refractivity contribution in [2.45, 2.75) is 13.0 Å². The van der Waals surface area contributed by atoms with Gasteiger partial charge >= 0.3 is 0 Å². The van der Waals surface area contributed by atoms with E-state index in [0.717, 1.165) is 0 Å². The Hall–Kier alpha value is -1.75. The molecule has 0 fully saturated rings. The molecule has 0 amide bonds. The minimum atomic E-state index is -0.970. The maximum absolute atomic E-state index is 13.2. The molecule has 0 spiro atoms. The summed E-state index contributed by atoms with van der Waals surface area (Å²) in [7, 11) is 0. The minimum absolute atomic E-state index is 0.304. The molecule has 2 aromatic rings. The zero-order valence-electron chi connectivity index (χ0n) is 8.11. The Bertz CT molecular complexity index is 456. The average Bonchev–Trinajstić information content (AvgIpc) is 2.74. The number of aromatic nitrogens is 3. The number of aromatic amines is 1. The molecule has 2 rings (SSSR count). The SMILES string of the molecule is Cc1ccc(C(O)c2ncn[nH]2)cc1F. The normalized spacial score (nSPS) is 12.7. The van der Waals surface area contributed by atoms with Crippen molar-refractivity contribution in [3.63, 3.8) is 0 Å². The summed E-state index contributed by atoms with van der Waals surface area (Å²) in [5.41, 5.74) is 0.998. The third-order valence-electron chi connectivity index (χ3n) is 2.20. The number of aliphatic hydroxyl groups is 1. The maximum atomic E-state index is 13.2. The Kier molecular flexibility index (Phi) is 2.47. The molecular formula is C10H10FN3O. The van der Waals surface area contributed by atoms with Gasteiger partial charge in [0.15, 0.2) is 5.82 Å². The van der Waals surface area contributed by atoms with Crippen LogP contribution in [-0.4, -0.2) is 20.3 Å². The number of hydrogen-bond acceptors (Lipinski definition) is 3. The first-order chi connectivity index (χ1) is 7.18. The minimum Gasteiger partial charge on any atom is -0.380 e. The molecular weight excluding hydrogens is 197 g/mol. The van der Waals surface area contributed by atoms with E-state index in [2.05, 4.69) is 15.2 Å². The average molecular weight is 207 g/mol. The second-order valence-electron chi connectivity index (χ2n) is 3.28. The van der Waals surface area contributed by atoms with Crippen LogP contribution in [0.3, 0.4) is 0 Å². The lowest BCUT2D eigenvalue weighted by Crippen LogP contribution is -2.02. The van der Waals surface area contributed by atoms with Gasteiger partial charge < -0.3 is 5.11 Å². The highest BCUT2D eigenvalue weighted by molar-refractivity contribution is 5.27. The standard InChI is InChI=1S/C10H10FN3O/c1-6-2-3-7(4-8(6)11)9(15)10-12-5-13-14-10/h2-5,9,15H,1H3,(H,12,13,14). The number of nitrogens with one attached hydrogen (secondary N) is 1. The van der Waals surface area contributed by atoms with Crippen molar-refractivity contribution in [1.29, 1.82) is 0 Å². The summed E-state index contributed by atoms with van der Waals surface area (Å²) in [5, 5.41) is 16.0. The number of aryl methyl sites for hydroxylation is 1. The van der Waals surface area contributed by atoms with Crippen LogP contribution in [0.4, 0.5) is 4.39 Å². The molecule has 0 saturated heterocycles. The van der Waals surface area contributed by atoms with Gasteiger partial charge in [-0.1, -0.05) is 12.1 Å². The van der Waals surface area contributed by atoms with Gasteiger partial charge in [-0.05, 0) is 24.1 Å². The van der Waals surface area contributed by atoms with Crippen LogP contribution in [0, 0.1) is 12.7 Å². The fourth-order valence-corrected chi connectivity index (χ4v) is 1.28. The number of nitrogens with zero attached hydrogens (tertiary/aromatic N) is 2. The molecule has 1 aromatic heterocycles. The van der Waals surface area contributed by atoms with E-state index in [1.54, 1.807) is 19.1 Å². The molecule has 0 aliphatic rings. The summed E-state index contributed by atoms with van der Waals surface area (Å²) < 4.78 is 13.2. The van der Waals surface area contributed by atoms with Crippen molar-refractivity contribution in [3.8, 4) is 0 Å². The van der Waals surface area contributed by atoms with Gasteiger partial charge in [-0.2, -0.15) is 5.10 Å². The highest BCUT2D eigenvalue weighted by Gasteiger charge is 2.14. The van der Waals surface area contributed by atoms with Crippen LogP contribution in [0.2, 0.25) is 0 Å². The van der Waals surface area contributed by atoms with Crippen molar-refractivity contribution in [2.75, 3.05) is 0 Å². The number of benzene rings is 1. The molecule has 1 atom stereocenters. The molecule has 0 radical (unpaired) electrons. The van der Waals surface area contributed by atoms with Crippen molar-refractivity contribution in [1.82, 2.24) is 15.2 Å². The Morgan fingerprint density at radius 2 is 2.27 bits per heavy atom. The van der Waals surface area contributed by atoms with Crippen molar-refractivity contribution in [2.24, 2.45) is 0 Å². The van der Waals surface area contributed by atoms with E-state index < -0.39 is 6.10 Å². The number of hydrogen-bond donors (Lipinski definition) is 2. The van der Waals surface area contributed by atoms with E-state index in [1.165, 1.54) is 12.4 Å². The van der Waals surface area contributed by atoms with Crippen LogP contribution in [0.15, 0.2) is 24.5 Å². The van der Waals surface area contributed by atoms with Crippen LogP contribution >= 0.6 is 0 Å². The summed E-state index contributed by atoms with van der Waals surface area (Å²) in [6.07, 6.45) is 0.325. The van der Waals surface area contributed by atoms with E-state index in [9.17, 15) is 9.50 Å². The smallest absolute Gasteiger partial charge is 0.157 e. The van der Waals surface area contributed by atoms with Crippen LogP contribution in [0.1, 0.15) is 23.1 Å². The van der Waals surface area contributed by atoms with Crippen LogP contribution < -0.4 is 0 Å². The molecule has 2 N–H and O–H groups in total. The molecule has 4 nitrogen and oxygen atoms in total. The predicted molar refractivity (Wildman–Crippen MR) is 51.6 cm³/mol. The van der Waals surface area contributed by atoms with Crippen LogP contribution in [0.25, 0.3) is 0 Å². The highest BCUT2D eigenvalue weighted by Crippen LogP contribution is 2.20. The fraction of sp³-hybridized carbons (Fsp3) is 0.200. The molecule has 0 aliphatic carbocycles. The lowest BCUT2D eigenvalue weighted by Gasteiger charge is -2.08.